The van der Waals surface area contributed by atoms with Crippen LogP contribution in [-0.4, -0.2) is 19.0 Å². The smallest absolute Gasteiger partial charge is 0.227 e. The molecule has 3 nitrogen and oxygen atoms in total. The largest absolute Gasteiger partial charge is 0.349 e. The van der Waals surface area contributed by atoms with Crippen molar-refractivity contribution in [2.75, 3.05) is 13.1 Å². The van der Waals surface area contributed by atoms with Crippen LogP contribution in [0.25, 0.3) is 0 Å². The molecule has 4 heteroatoms. The van der Waals surface area contributed by atoms with E-state index >= 15 is 0 Å². The molecular weight excluding hydrogens is 243 g/mol. The molecule has 0 saturated carbocycles. The summed E-state index contributed by atoms with van der Waals surface area (Å²) in [6.45, 7) is 5.54. The van der Waals surface area contributed by atoms with E-state index in [1.54, 1.807) is 6.07 Å². The van der Waals surface area contributed by atoms with E-state index in [1.165, 1.54) is 12.1 Å². The van der Waals surface area contributed by atoms with Gasteiger partial charge in [0.15, 0.2) is 0 Å². The van der Waals surface area contributed by atoms with Crippen LogP contribution in [0, 0.1) is 11.2 Å². The molecule has 104 valence electrons. The van der Waals surface area contributed by atoms with Gasteiger partial charge in [-0.1, -0.05) is 12.1 Å². The van der Waals surface area contributed by atoms with Gasteiger partial charge in [-0.25, -0.2) is 4.39 Å². The fraction of sp³-hybridized carbons (Fsp3) is 0.533. The van der Waals surface area contributed by atoms with Gasteiger partial charge in [-0.2, -0.15) is 0 Å². The predicted octanol–water partition coefficient (Wildman–Crippen LogP) is 2.39. The molecule has 2 unspecified atom stereocenters. The molecule has 0 spiro atoms. The number of halogens is 1. The highest BCUT2D eigenvalue weighted by molar-refractivity contribution is 5.83. The van der Waals surface area contributed by atoms with Crippen LogP contribution < -0.4 is 10.6 Å². The van der Waals surface area contributed by atoms with Crippen LogP contribution in [-0.2, 0) is 4.79 Å². The number of hydrogen-bond acceptors (Lipinski definition) is 2. The van der Waals surface area contributed by atoms with Crippen molar-refractivity contribution in [1.29, 1.82) is 0 Å². The van der Waals surface area contributed by atoms with Crippen LogP contribution in [0.3, 0.4) is 0 Å². The van der Waals surface area contributed by atoms with Crippen LogP contribution in [0.5, 0.6) is 0 Å². The van der Waals surface area contributed by atoms with Crippen molar-refractivity contribution in [2.45, 2.75) is 32.7 Å². The highest BCUT2D eigenvalue weighted by atomic mass is 19.1. The third kappa shape index (κ3) is 3.32. The Morgan fingerprint density at radius 2 is 2.32 bits per heavy atom. The summed E-state index contributed by atoms with van der Waals surface area (Å²) in [5.74, 6) is -0.236. The molecule has 2 N–H and O–H groups in total. The van der Waals surface area contributed by atoms with Crippen molar-refractivity contribution in [3.63, 3.8) is 0 Å². The standard InChI is InChI=1S/C15H21FN2O/c1-11(12-5-3-6-13(16)9-12)18-14(19)15(2)7-4-8-17-10-15/h3,5-6,9,11,17H,4,7-8,10H2,1-2H3,(H,18,19). The Kier molecular flexibility index (Phi) is 4.20. The zero-order chi connectivity index (χ0) is 13.9. The molecule has 1 aliphatic rings. The molecule has 2 rings (SSSR count). The summed E-state index contributed by atoms with van der Waals surface area (Å²) in [6, 6.07) is 6.19. The maximum Gasteiger partial charge on any atom is 0.227 e. The molecule has 19 heavy (non-hydrogen) atoms. The summed E-state index contributed by atoms with van der Waals surface area (Å²) < 4.78 is 13.2. The first-order chi connectivity index (χ1) is 9.01. The number of amides is 1. The normalized spacial score (nSPS) is 24.8. The Labute approximate surface area is 113 Å². The lowest BCUT2D eigenvalue weighted by molar-refractivity contribution is -0.131. The number of benzene rings is 1. The summed E-state index contributed by atoms with van der Waals surface area (Å²) in [5.41, 5.74) is 0.431. The van der Waals surface area contributed by atoms with Gasteiger partial charge in [0.2, 0.25) is 5.91 Å². The molecule has 1 fully saturated rings. The van der Waals surface area contributed by atoms with Crippen LogP contribution in [0.15, 0.2) is 24.3 Å². The Bertz CT molecular complexity index is 455. The van der Waals surface area contributed by atoms with Crippen molar-refractivity contribution in [3.05, 3.63) is 35.6 Å². The van der Waals surface area contributed by atoms with Crippen molar-refractivity contribution >= 4 is 5.91 Å². The second-order valence-electron chi connectivity index (χ2n) is 5.59. The van der Waals surface area contributed by atoms with Crippen molar-refractivity contribution in [2.24, 2.45) is 5.41 Å². The lowest BCUT2D eigenvalue weighted by Gasteiger charge is -2.33. The van der Waals surface area contributed by atoms with Gasteiger partial charge >= 0.3 is 0 Å². The quantitative estimate of drug-likeness (QED) is 0.880. The molecule has 0 aliphatic carbocycles. The van der Waals surface area contributed by atoms with E-state index in [0.29, 0.717) is 6.54 Å². The lowest BCUT2D eigenvalue weighted by atomic mass is 9.81. The van der Waals surface area contributed by atoms with Gasteiger partial charge in [-0.3, -0.25) is 4.79 Å². The second-order valence-corrected chi connectivity index (χ2v) is 5.59. The Morgan fingerprint density at radius 1 is 1.53 bits per heavy atom. The lowest BCUT2D eigenvalue weighted by Crippen LogP contribution is -2.49. The van der Waals surface area contributed by atoms with Crippen molar-refractivity contribution < 1.29 is 9.18 Å². The summed E-state index contributed by atoms with van der Waals surface area (Å²) >= 11 is 0. The van der Waals surface area contributed by atoms with Crippen molar-refractivity contribution in [3.8, 4) is 0 Å². The molecule has 1 aliphatic heterocycles. The van der Waals surface area contributed by atoms with Crippen LogP contribution in [0.4, 0.5) is 4.39 Å². The molecular formula is C15H21FN2O. The number of piperidine rings is 1. The number of carbonyl (C=O) groups is 1. The molecule has 1 aromatic carbocycles. The minimum Gasteiger partial charge on any atom is -0.349 e. The number of rotatable bonds is 3. The van der Waals surface area contributed by atoms with Crippen molar-refractivity contribution in [1.82, 2.24) is 10.6 Å². The van der Waals surface area contributed by atoms with Gasteiger partial charge in [0.1, 0.15) is 5.82 Å². The molecule has 0 aromatic heterocycles. The van der Waals surface area contributed by atoms with E-state index in [1.807, 2.05) is 19.9 Å². The molecule has 1 aromatic rings. The number of nitrogens with one attached hydrogen (secondary N) is 2. The predicted molar refractivity (Wildman–Crippen MR) is 73.2 cm³/mol. The first-order valence-electron chi connectivity index (χ1n) is 6.78. The first kappa shape index (κ1) is 14.0. The number of carbonyl (C=O) groups excluding carboxylic acids is 1. The molecule has 1 saturated heterocycles. The fourth-order valence-corrected chi connectivity index (χ4v) is 2.48. The Hall–Kier alpha value is -1.42. The molecule has 1 amide bonds. The first-order valence-corrected chi connectivity index (χ1v) is 6.78. The SMILES string of the molecule is CC(NC(=O)C1(C)CCCNC1)c1cccc(F)c1. The molecule has 2 atom stereocenters. The average Bonchev–Trinajstić information content (AvgIpc) is 2.39. The Morgan fingerprint density at radius 3 is 2.95 bits per heavy atom. The minimum absolute atomic E-state index is 0.0384. The summed E-state index contributed by atoms with van der Waals surface area (Å²) in [5, 5.41) is 6.25. The highest BCUT2D eigenvalue weighted by Gasteiger charge is 2.35. The second kappa shape index (κ2) is 5.70. The maximum absolute atomic E-state index is 13.2. The van der Waals surface area contributed by atoms with E-state index in [9.17, 15) is 9.18 Å². The van der Waals surface area contributed by atoms with Gasteiger partial charge in [0, 0.05) is 6.54 Å². The number of hydrogen-bond donors (Lipinski definition) is 2. The zero-order valence-electron chi connectivity index (χ0n) is 11.5. The van der Waals surface area contributed by atoms with E-state index in [4.69, 9.17) is 0 Å². The third-order valence-corrected chi connectivity index (χ3v) is 3.84. The minimum atomic E-state index is -0.361. The fourth-order valence-electron chi connectivity index (χ4n) is 2.48. The van der Waals surface area contributed by atoms with Gasteiger partial charge in [-0.15, -0.1) is 0 Å². The monoisotopic (exact) mass is 264 g/mol. The van der Waals surface area contributed by atoms with Gasteiger partial charge in [-0.05, 0) is 50.9 Å². The highest BCUT2D eigenvalue weighted by Crippen LogP contribution is 2.27. The summed E-state index contributed by atoms with van der Waals surface area (Å²) in [6.07, 6.45) is 1.90. The van der Waals surface area contributed by atoms with E-state index in [-0.39, 0.29) is 23.2 Å². The summed E-state index contributed by atoms with van der Waals surface area (Å²) in [4.78, 5) is 12.3. The van der Waals surface area contributed by atoms with E-state index in [0.717, 1.165) is 24.9 Å². The Balaban J connectivity index is 2.02. The molecule has 1 heterocycles. The molecule has 0 radical (unpaired) electrons. The summed E-state index contributed by atoms with van der Waals surface area (Å²) in [7, 11) is 0. The zero-order valence-corrected chi connectivity index (χ0v) is 11.5. The van der Waals surface area contributed by atoms with E-state index in [2.05, 4.69) is 10.6 Å². The van der Waals surface area contributed by atoms with Gasteiger partial charge in [0.25, 0.3) is 0 Å². The topological polar surface area (TPSA) is 41.1 Å². The van der Waals surface area contributed by atoms with Crippen LogP contribution >= 0.6 is 0 Å². The van der Waals surface area contributed by atoms with Gasteiger partial charge < -0.3 is 10.6 Å². The average molecular weight is 264 g/mol. The maximum atomic E-state index is 13.2. The van der Waals surface area contributed by atoms with Crippen LogP contribution in [0.2, 0.25) is 0 Å². The van der Waals surface area contributed by atoms with E-state index < -0.39 is 0 Å². The third-order valence-electron chi connectivity index (χ3n) is 3.84. The van der Waals surface area contributed by atoms with Gasteiger partial charge in [0.05, 0.1) is 11.5 Å². The molecule has 0 bridgehead atoms. The van der Waals surface area contributed by atoms with Crippen LogP contribution in [0.1, 0.15) is 38.3 Å².